The van der Waals surface area contributed by atoms with Gasteiger partial charge in [-0.05, 0) is 57.0 Å². The van der Waals surface area contributed by atoms with Gasteiger partial charge in [0, 0.05) is 26.1 Å². The van der Waals surface area contributed by atoms with Gasteiger partial charge in [-0.2, -0.15) is 9.97 Å². The second-order valence-corrected chi connectivity index (χ2v) is 8.73. The van der Waals surface area contributed by atoms with E-state index in [-0.39, 0.29) is 29.5 Å². The Bertz CT molecular complexity index is 1190. The van der Waals surface area contributed by atoms with Crippen molar-refractivity contribution >= 4 is 23.0 Å². The zero-order valence-corrected chi connectivity index (χ0v) is 21.3. The largest absolute Gasteiger partial charge is 0.463 e. The number of esters is 1. The average molecular weight is 500 g/mol. The number of benzene rings is 1. The van der Waals surface area contributed by atoms with Gasteiger partial charge in [0.1, 0.15) is 11.3 Å². The lowest BCUT2D eigenvalue weighted by Crippen LogP contribution is -2.32. The third kappa shape index (κ3) is 7.79. The summed E-state index contributed by atoms with van der Waals surface area (Å²) in [4.78, 5) is 35.2. The van der Waals surface area contributed by atoms with Gasteiger partial charge in [0.25, 0.3) is 0 Å². The number of nitrogens with one attached hydrogen (secondary N) is 3. The number of rotatable bonds is 15. The van der Waals surface area contributed by atoms with Crippen LogP contribution >= 0.6 is 0 Å². The number of H-pyrrole nitrogens is 1. The van der Waals surface area contributed by atoms with Gasteiger partial charge < -0.3 is 30.8 Å². The molecule has 1 aromatic carbocycles. The lowest BCUT2D eigenvalue weighted by molar-refractivity contribution is -0.131. The van der Waals surface area contributed by atoms with Crippen LogP contribution in [-0.4, -0.2) is 51.7 Å². The minimum atomic E-state index is -0.341. The number of hydrogen-bond donors (Lipinski definition) is 4. The summed E-state index contributed by atoms with van der Waals surface area (Å²) >= 11 is 0. The SMILES string of the molecule is CCCCOc1nc(N)c2[nH]c(=O)n(CCCC(CCNC)NCc3cccc(OC(C)=O)c3)c2n1. The first-order valence-corrected chi connectivity index (χ1v) is 12.5. The van der Waals surface area contributed by atoms with Crippen molar-refractivity contribution in [2.75, 3.05) is 25.9 Å². The van der Waals surface area contributed by atoms with E-state index < -0.39 is 0 Å². The van der Waals surface area contributed by atoms with Crippen molar-refractivity contribution in [3.05, 3.63) is 40.3 Å². The topological polar surface area (TPSA) is 149 Å². The van der Waals surface area contributed by atoms with Gasteiger partial charge in [-0.1, -0.05) is 25.5 Å². The van der Waals surface area contributed by atoms with Gasteiger partial charge in [-0.15, -0.1) is 0 Å². The maximum atomic E-state index is 12.6. The number of carbonyl (C=O) groups excluding carboxylic acids is 1. The molecule has 11 heteroatoms. The highest BCUT2D eigenvalue weighted by atomic mass is 16.5. The number of anilines is 1. The molecule has 2 aromatic heterocycles. The summed E-state index contributed by atoms with van der Waals surface area (Å²) in [6.45, 7) is 5.95. The lowest BCUT2D eigenvalue weighted by Gasteiger charge is -2.19. The molecule has 0 radical (unpaired) electrons. The zero-order chi connectivity index (χ0) is 25.9. The number of imidazole rings is 1. The number of carbonyl (C=O) groups is 1. The van der Waals surface area contributed by atoms with Gasteiger partial charge in [0.05, 0.1) is 6.61 Å². The minimum absolute atomic E-state index is 0.186. The van der Waals surface area contributed by atoms with E-state index in [1.54, 1.807) is 10.6 Å². The average Bonchev–Trinajstić information content (AvgIpc) is 3.16. The van der Waals surface area contributed by atoms with Crippen LogP contribution in [0, 0.1) is 0 Å². The molecule has 5 N–H and O–H groups in total. The Kier molecular flexibility index (Phi) is 10.3. The number of ether oxygens (including phenoxy) is 2. The predicted molar refractivity (Wildman–Crippen MR) is 139 cm³/mol. The molecule has 0 aliphatic carbocycles. The monoisotopic (exact) mass is 499 g/mol. The zero-order valence-electron chi connectivity index (χ0n) is 21.3. The van der Waals surface area contributed by atoms with Crippen LogP contribution in [0.3, 0.4) is 0 Å². The van der Waals surface area contributed by atoms with E-state index in [0.29, 0.717) is 36.6 Å². The van der Waals surface area contributed by atoms with Crippen molar-refractivity contribution in [2.45, 2.75) is 65.1 Å². The first-order valence-electron chi connectivity index (χ1n) is 12.5. The Morgan fingerprint density at radius 1 is 1.25 bits per heavy atom. The first-order chi connectivity index (χ1) is 17.4. The number of hydrogen-bond acceptors (Lipinski definition) is 9. The highest BCUT2D eigenvalue weighted by Crippen LogP contribution is 2.19. The fourth-order valence-electron chi connectivity index (χ4n) is 3.92. The molecule has 3 aromatic rings. The molecule has 196 valence electrons. The summed E-state index contributed by atoms with van der Waals surface area (Å²) in [6, 6.07) is 7.90. The molecular formula is C25H37N7O4. The quantitative estimate of drug-likeness (QED) is 0.140. The molecule has 0 saturated carbocycles. The fraction of sp³-hybridized carbons (Fsp3) is 0.520. The van der Waals surface area contributed by atoms with Crippen LogP contribution in [0.4, 0.5) is 5.82 Å². The van der Waals surface area contributed by atoms with Crippen LogP contribution in [-0.2, 0) is 17.9 Å². The molecule has 0 amide bonds. The van der Waals surface area contributed by atoms with Crippen molar-refractivity contribution < 1.29 is 14.3 Å². The van der Waals surface area contributed by atoms with Gasteiger partial charge in [-0.3, -0.25) is 9.36 Å². The van der Waals surface area contributed by atoms with E-state index in [1.807, 2.05) is 25.2 Å². The lowest BCUT2D eigenvalue weighted by atomic mass is 10.1. The molecule has 0 spiro atoms. The van der Waals surface area contributed by atoms with Crippen molar-refractivity contribution in [2.24, 2.45) is 0 Å². The third-order valence-corrected chi connectivity index (χ3v) is 5.79. The van der Waals surface area contributed by atoms with Crippen molar-refractivity contribution in [3.63, 3.8) is 0 Å². The Morgan fingerprint density at radius 3 is 2.83 bits per heavy atom. The van der Waals surface area contributed by atoms with Crippen LogP contribution in [0.2, 0.25) is 0 Å². The highest BCUT2D eigenvalue weighted by molar-refractivity contribution is 5.81. The predicted octanol–water partition coefficient (Wildman–Crippen LogP) is 2.35. The number of aryl methyl sites for hydroxylation is 1. The minimum Gasteiger partial charge on any atom is -0.463 e. The molecule has 3 rings (SSSR count). The summed E-state index contributed by atoms with van der Waals surface area (Å²) < 4.78 is 12.4. The van der Waals surface area contributed by atoms with E-state index in [4.69, 9.17) is 15.2 Å². The summed E-state index contributed by atoms with van der Waals surface area (Å²) in [5, 5.41) is 6.78. The maximum absolute atomic E-state index is 12.6. The van der Waals surface area contributed by atoms with E-state index >= 15 is 0 Å². The molecule has 0 fully saturated rings. The van der Waals surface area contributed by atoms with Gasteiger partial charge >= 0.3 is 17.7 Å². The van der Waals surface area contributed by atoms with E-state index in [9.17, 15) is 9.59 Å². The Hall–Kier alpha value is -3.44. The highest BCUT2D eigenvalue weighted by Gasteiger charge is 2.15. The molecule has 0 aliphatic heterocycles. The number of nitrogen functional groups attached to an aromatic ring is 1. The van der Waals surface area contributed by atoms with Crippen LogP contribution in [0.1, 0.15) is 51.5 Å². The van der Waals surface area contributed by atoms with Crippen molar-refractivity contribution in [3.8, 4) is 11.8 Å². The fourth-order valence-corrected chi connectivity index (χ4v) is 3.92. The molecule has 1 unspecified atom stereocenters. The van der Waals surface area contributed by atoms with E-state index in [2.05, 4.69) is 32.5 Å². The number of aromatic nitrogens is 4. The first kappa shape index (κ1) is 27.2. The second kappa shape index (κ2) is 13.6. The second-order valence-electron chi connectivity index (χ2n) is 8.73. The van der Waals surface area contributed by atoms with Crippen molar-refractivity contribution in [1.29, 1.82) is 0 Å². The number of nitrogens with two attached hydrogens (primary N) is 1. The van der Waals surface area contributed by atoms with Gasteiger partial charge in [-0.25, -0.2) is 4.79 Å². The number of unbranched alkanes of at least 4 members (excludes halogenated alkanes) is 1. The third-order valence-electron chi connectivity index (χ3n) is 5.79. The molecule has 36 heavy (non-hydrogen) atoms. The summed E-state index contributed by atoms with van der Waals surface area (Å²) in [5.74, 6) is 0.393. The summed E-state index contributed by atoms with van der Waals surface area (Å²) in [6.07, 6.45) is 4.42. The Balaban J connectivity index is 1.64. The van der Waals surface area contributed by atoms with Crippen LogP contribution in [0.25, 0.3) is 11.2 Å². The maximum Gasteiger partial charge on any atom is 0.327 e. The van der Waals surface area contributed by atoms with Crippen LogP contribution < -0.4 is 31.5 Å². The summed E-state index contributed by atoms with van der Waals surface area (Å²) in [5.41, 5.74) is 7.70. The van der Waals surface area contributed by atoms with Gasteiger partial charge in [0.2, 0.25) is 0 Å². The molecule has 0 saturated heterocycles. The van der Waals surface area contributed by atoms with Crippen molar-refractivity contribution in [1.82, 2.24) is 30.2 Å². The molecule has 0 bridgehead atoms. The van der Waals surface area contributed by atoms with Crippen LogP contribution in [0.5, 0.6) is 11.8 Å². The molecule has 11 nitrogen and oxygen atoms in total. The van der Waals surface area contributed by atoms with Gasteiger partial charge in [0.15, 0.2) is 11.5 Å². The molecule has 2 heterocycles. The van der Waals surface area contributed by atoms with E-state index in [1.165, 1.54) is 6.92 Å². The molecule has 1 atom stereocenters. The Morgan fingerprint density at radius 2 is 2.08 bits per heavy atom. The van der Waals surface area contributed by atoms with E-state index in [0.717, 1.165) is 44.2 Å². The van der Waals surface area contributed by atoms with Crippen LogP contribution in [0.15, 0.2) is 29.1 Å². The smallest absolute Gasteiger partial charge is 0.327 e. The number of nitrogens with zero attached hydrogens (tertiary/aromatic N) is 3. The Labute approximate surface area is 210 Å². The number of aromatic amines is 1. The summed E-state index contributed by atoms with van der Waals surface area (Å²) in [7, 11) is 1.93. The standard InChI is InChI=1S/C25H37N7O4/c1-4-5-14-35-24-30-22(26)21-23(31-24)32(25(34)29-21)13-7-9-19(11-12-27-3)28-16-18-8-6-10-20(15-18)36-17(2)33/h6,8,10,15,19,27-28H,4-5,7,9,11-14,16H2,1-3H3,(H,29,34)(H2,26,30,31). The molecule has 0 aliphatic rings. The molecular weight excluding hydrogens is 462 g/mol. The number of fused-ring (bicyclic) bond motifs is 1. The normalized spacial score (nSPS) is 12.1.